The summed E-state index contributed by atoms with van der Waals surface area (Å²) in [5.74, 6) is 0.985. The Morgan fingerprint density at radius 2 is 0.967 bits per heavy atom. The second-order valence-corrected chi connectivity index (χ2v) is 17.7. The molecule has 9 aromatic carbocycles. The maximum atomic E-state index is 5.56. The fourth-order valence-electron chi connectivity index (χ4n) is 13.4. The smallest absolute Gasteiger partial charge is 0.252 e. The molecule has 0 saturated carbocycles. The number of benzene rings is 9. The Morgan fingerprint density at radius 1 is 0.410 bits per heavy atom. The van der Waals surface area contributed by atoms with Gasteiger partial charge in [-0.2, -0.15) is 0 Å². The lowest BCUT2D eigenvalue weighted by Gasteiger charge is -2.37. The zero-order valence-corrected chi connectivity index (χ0v) is 32.6. The first-order valence-electron chi connectivity index (χ1n) is 21.4. The molecule has 1 spiro atoms. The summed E-state index contributed by atoms with van der Waals surface area (Å²) in [7, 11) is 0. The van der Waals surface area contributed by atoms with Gasteiger partial charge >= 0.3 is 0 Å². The molecule has 276 valence electrons. The van der Waals surface area contributed by atoms with Crippen LogP contribution in [0.1, 0.15) is 22.3 Å². The standard InChI is InChI=1S/C56H29BN4/c1-2-14-30(15-3-1)55-58-43-28-13-27-42-51(43)61(55)54-46-36-21-11-25-40-49(36)60-48-35(20-10-24-39(48)56(40)37-22-7-4-16-31(37)32-17-5-8-23-38(32)56)45(52(46)60)53-47(54)57(42)41-26-12-19-34-33-18-6-9-29-44(33)59(53)50(34)41/h1-29H. The van der Waals surface area contributed by atoms with Crippen molar-refractivity contribution >= 4 is 94.0 Å². The van der Waals surface area contributed by atoms with Gasteiger partial charge < -0.3 is 8.97 Å². The van der Waals surface area contributed by atoms with Crippen molar-refractivity contribution in [1.82, 2.24) is 18.5 Å². The molecule has 17 rings (SSSR count). The van der Waals surface area contributed by atoms with Crippen LogP contribution in [0.5, 0.6) is 0 Å². The molecule has 0 unspecified atom stereocenters. The predicted octanol–water partition coefficient (Wildman–Crippen LogP) is 10.8. The third-order valence-electron chi connectivity index (χ3n) is 15.3. The van der Waals surface area contributed by atoms with Crippen molar-refractivity contribution in [2.75, 3.05) is 0 Å². The molecule has 0 N–H and O–H groups in total. The van der Waals surface area contributed by atoms with Crippen LogP contribution in [-0.4, -0.2) is 25.2 Å². The molecule has 13 aromatic rings. The van der Waals surface area contributed by atoms with E-state index in [-0.39, 0.29) is 6.71 Å². The van der Waals surface area contributed by atoms with Gasteiger partial charge in [0.05, 0.1) is 49.9 Å². The molecular weight excluding hydrogens is 739 g/mol. The summed E-state index contributed by atoms with van der Waals surface area (Å²) >= 11 is 0. The van der Waals surface area contributed by atoms with Gasteiger partial charge in [0, 0.05) is 43.4 Å². The third-order valence-corrected chi connectivity index (χ3v) is 15.3. The lowest BCUT2D eigenvalue weighted by atomic mass is 9.34. The zero-order valence-electron chi connectivity index (χ0n) is 32.6. The molecule has 4 aliphatic rings. The number of rotatable bonds is 1. The van der Waals surface area contributed by atoms with Crippen molar-refractivity contribution in [3.8, 4) is 33.9 Å². The molecule has 0 radical (unpaired) electrons. The van der Waals surface area contributed by atoms with Gasteiger partial charge in [-0.05, 0) is 61.9 Å². The highest BCUT2D eigenvalue weighted by molar-refractivity contribution is 7.00. The van der Waals surface area contributed by atoms with Gasteiger partial charge in [0.25, 0.3) is 6.71 Å². The van der Waals surface area contributed by atoms with Crippen LogP contribution in [0.2, 0.25) is 0 Å². The Labute approximate surface area is 348 Å². The number of fused-ring (bicyclic) bond motifs is 18. The molecule has 4 aromatic heterocycles. The van der Waals surface area contributed by atoms with Crippen molar-refractivity contribution in [1.29, 1.82) is 0 Å². The molecule has 61 heavy (non-hydrogen) atoms. The van der Waals surface area contributed by atoms with Gasteiger partial charge in [-0.3, -0.25) is 4.57 Å². The van der Waals surface area contributed by atoms with E-state index >= 15 is 0 Å². The second-order valence-electron chi connectivity index (χ2n) is 17.7. The van der Waals surface area contributed by atoms with Crippen LogP contribution < -0.4 is 16.4 Å². The molecule has 0 bridgehead atoms. The predicted molar refractivity (Wildman–Crippen MR) is 251 cm³/mol. The normalized spacial score (nSPS) is 14.7. The first-order valence-corrected chi connectivity index (χ1v) is 21.4. The number of hydrogen-bond donors (Lipinski definition) is 0. The summed E-state index contributed by atoms with van der Waals surface area (Å²) in [6, 6.07) is 66.5. The van der Waals surface area contributed by atoms with Gasteiger partial charge in [-0.1, -0.05) is 164 Å². The quantitative estimate of drug-likeness (QED) is 0.153. The summed E-state index contributed by atoms with van der Waals surface area (Å²) in [5.41, 5.74) is 24.1. The topological polar surface area (TPSA) is 27.2 Å². The van der Waals surface area contributed by atoms with E-state index in [4.69, 9.17) is 4.98 Å². The minimum absolute atomic E-state index is 0.0133. The maximum Gasteiger partial charge on any atom is 0.252 e. The largest absolute Gasteiger partial charge is 0.309 e. The first kappa shape index (κ1) is 30.2. The highest BCUT2D eigenvalue weighted by Crippen LogP contribution is 2.62. The lowest BCUT2D eigenvalue weighted by Crippen LogP contribution is -2.59. The summed E-state index contributed by atoms with van der Waals surface area (Å²) in [6.07, 6.45) is 0. The van der Waals surface area contributed by atoms with E-state index < -0.39 is 5.41 Å². The summed E-state index contributed by atoms with van der Waals surface area (Å²) in [4.78, 5) is 5.56. The van der Waals surface area contributed by atoms with Crippen LogP contribution in [0.4, 0.5) is 0 Å². The second kappa shape index (κ2) is 9.76. The Balaban J connectivity index is 1.20. The number of aromatic nitrogens is 4. The summed E-state index contributed by atoms with van der Waals surface area (Å²) < 4.78 is 7.92. The number of nitrogens with zero attached hydrogens (tertiary/aromatic N) is 4. The summed E-state index contributed by atoms with van der Waals surface area (Å²) in [5, 5.41) is 7.86. The third kappa shape index (κ3) is 2.99. The van der Waals surface area contributed by atoms with Crippen LogP contribution in [0.3, 0.4) is 0 Å². The van der Waals surface area contributed by atoms with Crippen molar-refractivity contribution in [3.63, 3.8) is 0 Å². The fourth-order valence-corrected chi connectivity index (χ4v) is 13.4. The van der Waals surface area contributed by atoms with Crippen molar-refractivity contribution in [2.45, 2.75) is 5.41 Å². The Hall–Kier alpha value is -7.89. The molecule has 1 aliphatic carbocycles. The zero-order chi connectivity index (χ0) is 39.0. The number of hydrogen-bond acceptors (Lipinski definition) is 1. The van der Waals surface area contributed by atoms with E-state index in [9.17, 15) is 0 Å². The van der Waals surface area contributed by atoms with Crippen LogP contribution in [0, 0.1) is 0 Å². The molecule has 3 aliphatic heterocycles. The van der Waals surface area contributed by atoms with Gasteiger partial charge in [0.1, 0.15) is 5.82 Å². The molecule has 4 nitrogen and oxygen atoms in total. The molecular formula is C56H29BN4. The maximum absolute atomic E-state index is 5.56. The molecule has 0 fully saturated rings. The van der Waals surface area contributed by atoms with Crippen LogP contribution >= 0.6 is 0 Å². The lowest BCUT2D eigenvalue weighted by molar-refractivity contribution is 0.769. The molecule has 7 heterocycles. The monoisotopic (exact) mass is 768 g/mol. The number of para-hydroxylation sites is 5. The van der Waals surface area contributed by atoms with E-state index in [1.807, 2.05) is 0 Å². The van der Waals surface area contributed by atoms with Gasteiger partial charge in [0.15, 0.2) is 0 Å². The Bertz CT molecular complexity index is 4190. The van der Waals surface area contributed by atoms with Gasteiger partial charge in [-0.15, -0.1) is 0 Å². The SMILES string of the molecule is c1ccc(-c2nc3cccc4c3n2-c2c3c(c5c6cccc7c6n6c8c(cccc8c2c56)C72c5ccccc5-c5ccccc52)-n2c5ccccc5c5cccc(c52)B34)cc1. The molecule has 0 saturated heterocycles. The minimum Gasteiger partial charge on any atom is -0.309 e. The van der Waals surface area contributed by atoms with Crippen molar-refractivity contribution < 1.29 is 0 Å². The highest BCUT2D eigenvalue weighted by atomic mass is 15.1. The highest BCUT2D eigenvalue weighted by Gasteiger charge is 2.52. The van der Waals surface area contributed by atoms with Crippen LogP contribution in [-0.2, 0) is 5.41 Å². The van der Waals surface area contributed by atoms with E-state index in [0.29, 0.717) is 0 Å². The molecule has 0 amide bonds. The molecule has 5 heteroatoms. The van der Waals surface area contributed by atoms with Crippen LogP contribution in [0.15, 0.2) is 176 Å². The average Bonchev–Trinajstić information content (AvgIpc) is 4.12. The number of imidazole rings is 1. The fraction of sp³-hybridized carbons (Fsp3) is 0.0179. The Morgan fingerprint density at radius 3 is 1.70 bits per heavy atom. The van der Waals surface area contributed by atoms with Crippen molar-refractivity contribution in [3.05, 3.63) is 198 Å². The van der Waals surface area contributed by atoms with Gasteiger partial charge in [-0.25, -0.2) is 4.98 Å². The average molecular weight is 769 g/mol. The summed E-state index contributed by atoms with van der Waals surface area (Å²) in [6.45, 7) is 0.0133. The van der Waals surface area contributed by atoms with Crippen molar-refractivity contribution in [2.24, 2.45) is 0 Å². The van der Waals surface area contributed by atoms with E-state index in [2.05, 4.69) is 189 Å². The minimum atomic E-state index is -0.483. The van der Waals surface area contributed by atoms with E-state index in [1.54, 1.807) is 0 Å². The van der Waals surface area contributed by atoms with E-state index in [1.165, 1.54) is 127 Å². The first-order chi connectivity index (χ1) is 30.3. The Kier molecular flexibility index (Phi) is 4.83. The molecule has 0 atom stereocenters. The van der Waals surface area contributed by atoms with Crippen LogP contribution in [0.25, 0.3) is 105 Å². The van der Waals surface area contributed by atoms with E-state index in [0.717, 1.165) is 16.9 Å². The van der Waals surface area contributed by atoms with Gasteiger partial charge in [0.2, 0.25) is 0 Å².